The predicted molar refractivity (Wildman–Crippen MR) is 143 cm³/mol. The lowest BCUT2D eigenvalue weighted by atomic mass is 10.1. The smallest absolute Gasteiger partial charge is 0.122 e. The standard InChI is InChI=1S/C22H30FN5S.2C2H6/c23-21-8-4-1-3-7-18(21)17-22(24)28(19-9-11-20(29-25)12-10-19)26-13-16-27-14-5-2-6-15-27;2*1-2/h2,4-5,8-12,24,26H,1,3,6-7,13-17,25H2;2*1-2H3. The largest absolute Gasteiger partial charge is 0.298 e. The minimum atomic E-state index is -0.192. The third-order valence-electron chi connectivity index (χ3n) is 5.17. The van der Waals surface area contributed by atoms with Crippen molar-refractivity contribution in [3.63, 3.8) is 0 Å². The first-order chi connectivity index (χ1) is 16.2. The Morgan fingerprint density at radius 2 is 1.85 bits per heavy atom. The SMILES string of the molecule is CC.CC.N=C(CC1=C(F)C=CCCC1)N(NCCN1CC=CCC1)c1ccc(SN)cc1. The van der Waals surface area contributed by atoms with Crippen LogP contribution < -0.4 is 15.6 Å². The van der Waals surface area contributed by atoms with E-state index in [9.17, 15) is 4.39 Å². The summed E-state index contributed by atoms with van der Waals surface area (Å²) in [4.78, 5) is 3.34. The van der Waals surface area contributed by atoms with Crippen LogP contribution in [-0.2, 0) is 0 Å². The average Bonchev–Trinajstić information content (AvgIpc) is 3.09. The molecule has 0 bridgehead atoms. The molecule has 1 aliphatic carbocycles. The molecule has 184 valence electrons. The highest BCUT2D eigenvalue weighted by Crippen LogP contribution is 2.25. The van der Waals surface area contributed by atoms with E-state index in [0.717, 1.165) is 49.5 Å². The maximum atomic E-state index is 14.4. The summed E-state index contributed by atoms with van der Waals surface area (Å²) in [5, 5.41) is 16.1. The van der Waals surface area contributed by atoms with Gasteiger partial charge >= 0.3 is 0 Å². The van der Waals surface area contributed by atoms with Gasteiger partial charge in [-0.2, -0.15) is 0 Å². The molecule has 1 aliphatic heterocycles. The van der Waals surface area contributed by atoms with Crippen molar-refractivity contribution in [2.45, 2.75) is 64.7 Å². The van der Waals surface area contributed by atoms with Crippen LogP contribution >= 0.6 is 11.9 Å². The van der Waals surface area contributed by atoms with E-state index in [1.807, 2.05) is 58.0 Å². The number of nitrogens with one attached hydrogen (secondary N) is 2. The second-order valence-electron chi connectivity index (χ2n) is 7.29. The van der Waals surface area contributed by atoms with E-state index in [-0.39, 0.29) is 5.83 Å². The fourth-order valence-electron chi connectivity index (χ4n) is 3.54. The summed E-state index contributed by atoms with van der Waals surface area (Å²) in [6.07, 6.45) is 11.7. The molecule has 1 aromatic carbocycles. The first kappa shape index (κ1) is 29.1. The molecule has 0 spiro atoms. The van der Waals surface area contributed by atoms with Crippen LogP contribution in [0.1, 0.15) is 59.8 Å². The predicted octanol–water partition coefficient (Wildman–Crippen LogP) is 6.61. The molecule has 0 amide bonds. The van der Waals surface area contributed by atoms with Crippen LogP contribution in [0, 0.1) is 5.41 Å². The second kappa shape index (κ2) is 17.5. The Balaban J connectivity index is 0.00000129. The van der Waals surface area contributed by atoms with Crippen molar-refractivity contribution in [2.75, 3.05) is 31.2 Å². The molecule has 33 heavy (non-hydrogen) atoms. The zero-order chi connectivity index (χ0) is 24.5. The van der Waals surface area contributed by atoms with Gasteiger partial charge in [0.05, 0.1) is 5.69 Å². The number of hydrogen-bond donors (Lipinski definition) is 3. The van der Waals surface area contributed by atoms with Crippen LogP contribution in [0.15, 0.2) is 64.9 Å². The molecule has 5 nitrogen and oxygen atoms in total. The molecule has 0 saturated carbocycles. The Hall–Kier alpha value is -1.93. The number of allylic oxidation sites excluding steroid dienone is 3. The quantitative estimate of drug-likeness (QED) is 0.130. The molecule has 0 unspecified atom stereocenters. The summed E-state index contributed by atoms with van der Waals surface area (Å²) >= 11 is 1.19. The van der Waals surface area contributed by atoms with Gasteiger partial charge < -0.3 is 0 Å². The van der Waals surface area contributed by atoms with Gasteiger partial charge in [-0.1, -0.05) is 45.9 Å². The van der Waals surface area contributed by atoms with Crippen LogP contribution in [0.25, 0.3) is 0 Å². The lowest BCUT2D eigenvalue weighted by Crippen LogP contribution is -2.46. The molecule has 0 saturated heterocycles. The summed E-state index contributed by atoms with van der Waals surface area (Å²) in [6, 6.07) is 7.76. The van der Waals surface area contributed by atoms with E-state index in [2.05, 4.69) is 22.5 Å². The lowest BCUT2D eigenvalue weighted by molar-refractivity contribution is 0.298. The number of hydrogen-bond acceptors (Lipinski definition) is 5. The maximum absolute atomic E-state index is 14.4. The maximum Gasteiger partial charge on any atom is 0.122 e. The summed E-state index contributed by atoms with van der Waals surface area (Å²) in [6.45, 7) is 11.6. The van der Waals surface area contributed by atoms with E-state index >= 15 is 0 Å². The van der Waals surface area contributed by atoms with E-state index in [1.165, 1.54) is 11.9 Å². The Labute approximate surface area is 204 Å². The minimum Gasteiger partial charge on any atom is -0.298 e. The minimum absolute atomic E-state index is 0.192. The van der Waals surface area contributed by atoms with Crippen molar-refractivity contribution in [1.29, 1.82) is 5.41 Å². The molecule has 7 heteroatoms. The van der Waals surface area contributed by atoms with Gasteiger partial charge in [-0.05, 0) is 73.5 Å². The van der Waals surface area contributed by atoms with Crippen molar-refractivity contribution in [1.82, 2.24) is 10.3 Å². The van der Waals surface area contributed by atoms with Gasteiger partial charge in [0.2, 0.25) is 0 Å². The number of halogens is 1. The van der Waals surface area contributed by atoms with Crippen molar-refractivity contribution < 1.29 is 4.39 Å². The van der Waals surface area contributed by atoms with E-state index in [1.54, 1.807) is 11.1 Å². The van der Waals surface area contributed by atoms with Crippen LogP contribution in [0.3, 0.4) is 0 Å². The summed E-state index contributed by atoms with van der Waals surface area (Å²) in [7, 11) is 0. The van der Waals surface area contributed by atoms with Gasteiger partial charge in [0.1, 0.15) is 11.7 Å². The Morgan fingerprint density at radius 3 is 2.48 bits per heavy atom. The molecule has 0 radical (unpaired) electrons. The molecule has 0 aromatic heterocycles. The van der Waals surface area contributed by atoms with Crippen molar-refractivity contribution in [3.05, 3.63) is 60.0 Å². The van der Waals surface area contributed by atoms with Gasteiger partial charge in [-0.3, -0.25) is 20.5 Å². The Morgan fingerprint density at radius 1 is 1.12 bits per heavy atom. The van der Waals surface area contributed by atoms with Gasteiger partial charge in [0.15, 0.2) is 0 Å². The van der Waals surface area contributed by atoms with Gasteiger partial charge in [-0.25, -0.2) is 9.82 Å². The van der Waals surface area contributed by atoms with Crippen LogP contribution in [-0.4, -0.2) is 36.9 Å². The van der Waals surface area contributed by atoms with Gasteiger partial charge in [-0.15, -0.1) is 0 Å². The number of hydrazine groups is 1. The molecule has 2 aliphatic rings. The van der Waals surface area contributed by atoms with Crippen LogP contribution in [0.4, 0.5) is 10.1 Å². The summed E-state index contributed by atoms with van der Waals surface area (Å²) in [5.74, 6) is 0.152. The zero-order valence-electron chi connectivity index (χ0n) is 20.7. The fraction of sp³-hybridized carbons (Fsp3) is 0.500. The highest BCUT2D eigenvalue weighted by Gasteiger charge is 2.17. The third kappa shape index (κ3) is 10.3. The monoisotopic (exact) mass is 475 g/mol. The number of benzene rings is 1. The summed E-state index contributed by atoms with van der Waals surface area (Å²) in [5.41, 5.74) is 4.94. The fourth-order valence-corrected chi connectivity index (χ4v) is 3.83. The Kier molecular flexibility index (Phi) is 15.5. The molecule has 0 fully saturated rings. The van der Waals surface area contributed by atoms with Crippen molar-refractivity contribution in [2.24, 2.45) is 5.14 Å². The normalized spacial score (nSPS) is 15.7. The molecule has 3 rings (SSSR count). The highest BCUT2D eigenvalue weighted by atomic mass is 32.2. The molecular formula is C26H42FN5S. The Bertz CT molecular complexity index is 773. The first-order valence-corrected chi connectivity index (χ1v) is 13.0. The third-order valence-corrected chi connectivity index (χ3v) is 5.72. The molecule has 1 aromatic rings. The van der Waals surface area contributed by atoms with Crippen LogP contribution in [0.5, 0.6) is 0 Å². The van der Waals surface area contributed by atoms with Gasteiger partial charge in [0, 0.05) is 37.5 Å². The second-order valence-corrected chi connectivity index (χ2v) is 7.99. The topological polar surface area (TPSA) is 68.4 Å². The van der Waals surface area contributed by atoms with E-state index in [0.29, 0.717) is 30.8 Å². The lowest BCUT2D eigenvalue weighted by Gasteiger charge is -2.29. The number of amidine groups is 1. The molecule has 4 N–H and O–H groups in total. The van der Waals surface area contributed by atoms with Gasteiger partial charge in [0.25, 0.3) is 0 Å². The summed E-state index contributed by atoms with van der Waals surface area (Å²) < 4.78 is 14.4. The molecule has 0 atom stereocenters. The van der Waals surface area contributed by atoms with Crippen LogP contribution in [0.2, 0.25) is 0 Å². The van der Waals surface area contributed by atoms with E-state index < -0.39 is 0 Å². The highest BCUT2D eigenvalue weighted by molar-refractivity contribution is 7.97. The molecular weight excluding hydrogens is 433 g/mol. The van der Waals surface area contributed by atoms with E-state index in [4.69, 9.17) is 10.5 Å². The zero-order valence-corrected chi connectivity index (χ0v) is 21.6. The number of anilines is 1. The molecule has 1 heterocycles. The van der Waals surface area contributed by atoms with Crippen molar-refractivity contribution in [3.8, 4) is 0 Å². The average molecular weight is 476 g/mol. The van der Waals surface area contributed by atoms with Crippen molar-refractivity contribution >= 4 is 23.5 Å². The number of nitrogens with zero attached hydrogens (tertiary/aromatic N) is 2. The number of nitrogens with two attached hydrogens (primary N) is 1. The first-order valence-electron chi connectivity index (χ1n) is 12.2. The number of rotatable bonds is 8.